The summed E-state index contributed by atoms with van der Waals surface area (Å²) in [7, 11) is 0. The third-order valence-corrected chi connectivity index (χ3v) is 5.14. The van der Waals surface area contributed by atoms with Crippen LogP contribution in [0.15, 0.2) is 34.8 Å². The number of hydrogen-bond acceptors (Lipinski definition) is 3. The fourth-order valence-corrected chi connectivity index (χ4v) is 2.85. The minimum Gasteiger partial charge on any atom is -0.484 e. The SMILES string of the molecule is Cc1cc(OCC(=O)NC(=S)Nc2cc(Cl)c(Cl)cc2Cl)ccc1Br. The van der Waals surface area contributed by atoms with E-state index in [9.17, 15) is 4.79 Å². The highest BCUT2D eigenvalue weighted by molar-refractivity contribution is 9.10. The lowest BCUT2D eigenvalue weighted by Gasteiger charge is -2.12. The zero-order valence-corrected chi connectivity index (χ0v) is 17.5. The second kappa shape index (κ2) is 9.05. The average molecular weight is 483 g/mol. The molecule has 0 radical (unpaired) electrons. The number of ether oxygens (including phenoxy) is 1. The summed E-state index contributed by atoms with van der Waals surface area (Å²) in [6.07, 6.45) is 0. The molecule has 0 heterocycles. The topological polar surface area (TPSA) is 50.4 Å². The molecule has 0 fully saturated rings. The Bertz CT molecular complexity index is 833. The minimum atomic E-state index is -0.408. The number of rotatable bonds is 4. The van der Waals surface area contributed by atoms with E-state index in [0.717, 1.165) is 10.0 Å². The first-order valence-electron chi connectivity index (χ1n) is 6.90. The molecule has 0 saturated carbocycles. The molecular formula is C16H12BrCl3N2O2S. The van der Waals surface area contributed by atoms with Crippen LogP contribution in [0.3, 0.4) is 0 Å². The van der Waals surface area contributed by atoms with Crippen LogP contribution >= 0.6 is 63.0 Å². The molecule has 0 bridgehead atoms. The molecule has 0 atom stereocenters. The highest BCUT2D eigenvalue weighted by atomic mass is 79.9. The average Bonchev–Trinajstić information content (AvgIpc) is 2.53. The van der Waals surface area contributed by atoms with Crippen molar-refractivity contribution in [2.75, 3.05) is 11.9 Å². The van der Waals surface area contributed by atoms with Gasteiger partial charge in [0.2, 0.25) is 0 Å². The maximum absolute atomic E-state index is 11.9. The Labute approximate surface area is 173 Å². The highest BCUT2D eigenvalue weighted by Gasteiger charge is 2.10. The number of anilines is 1. The van der Waals surface area contributed by atoms with E-state index in [0.29, 0.717) is 26.5 Å². The molecule has 0 spiro atoms. The normalized spacial score (nSPS) is 10.3. The van der Waals surface area contributed by atoms with Crippen molar-refractivity contribution in [2.45, 2.75) is 6.92 Å². The van der Waals surface area contributed by atoms with Crippen LogP contribution in [0, 0.1) is 6.92 Å². The van der Waals surface area contributed by atoms with Gasteiger partial charge in [0.15, 0.2) is 11.7 Å². The van der Waals surface area contributed by atoms with Gasteiger partial charge in [-0.25, -0.2) is 0 Å². The van der Waals surface area contributed by atoms with E-state index in [4.69, 9.17) is 51.8 Å². The van der Waals surface area contributed by atoms with E-state index in [-0.39, 0.29) is 11.7 Å². The number of thiocarbonyl (C=S) groups is 1. The van der Waals surface area contributed by atoms with Crippen molar-refractivity contribution in [1.82, 2.24) is 5.32 Å². The van der Waals surface area contributed by atoms with Crippen molar-refractivity contribution < 1.29 is 9.53 Å². The van der Waals surface area contributed by atoms with Crippen molar-refractivity contribution >= 4 is 79.7 Å². The molecule has 132 valence electrons. The van der Waals surface area contributed by atoms with Gasteiger partial charge in [0.1, 0.15) is 5.75 Å². The number of aryl methyl sites for hydroxylation is 1. The molecule has 0 saturated heterocycles. The van der Waals surface area contributed by atoms with Crippen LogP contribution in [0.5, 0.6) is 5.75 Å². The summed E-state index contributed by atoms with van der Waals surface area (Å²) in [6.45, 7) is 1.75. The maximum atomic E-state index is 11.9. The lowest BCUT2D eigenvalue weighted by Crippen LogP contribution is -2.37. The molecule has 2 aromatic carbocycles. The van der Waals surface area contributed by atoms with Gasteiger partial charge in [0.05, 0.1) is 20.8 Å². The molecule has 0 aliphatic heterocycles. The highest BCUT2D eigenvalue weighted by Crippen LogP contribution is 2.32. The fourth-order valence-electron chi connectivity index (χ4n) is 1.79. The van der Waals surface area contributed by atoms with Crippen LogP contribution in [-0.4, -0.2) is 17.6 Å². The first kappa shape index (κ1) is 20.3. The number of hydrogen-bond donors (Lipinski definition) is 2. The van der Waals surface area contributed by atoms with Crippen LogP contribution < -0.4 is 15.4 Å². The summed E-state index contributed by atoms with van der Waals surface area (Å²) < 4.78 is 6.39. The van der Waals surface area contributed by atoms with Crippen LogP contribution in [0.4, 0.5) is 5.69 Å². The minimum absolute atomic E-state index is 0.0703. The van der Waals surface area contributed by atoms with Crippen molar-refractivity contribution in [1.29, 1.82) is 0 Å². The monoisotopic (exact) mass is 480 g/mol. The third-order valence-electron chi connectivity index (χ3n) is 3.01. The van der Waals surface area contributed by atoms with Gasteiger partial charge in [-0.15, -0.1) is 0 Å². The van der Waals surface area contributed by atoms with Gasteiger partial charge in [-0.3, -0.25) is 10.1 Å². The molecular weight excluding hydrogens is 471 g/mol. The Balaban J connectivity index is 1.89. The van der Waals surface area contributed by atoms with Crippen LogP contribution in [0.1, 0.15) is 5.56 Å². The van der Waals surface area contributed by atoms with E-state index in [1.165, 1.54) is 12.1 Å². The summed E-state index contributed by atoms with van der Waals surface area (Å²) in [4.78, 5) is 11.9. The molecule has 0 aliphatic rings. The fraction of sp³-hybridized carbons (Fsp3) is 0.125. The van der Waals surface area contributed by atoms with E-state index >= 15 is 0 Å². The summed E-state index contributed by atoms with van der Waals surface area (Å²) in [5.41, 5.74) is 1.44. The Hall–Kier alpha value is -1.05. The van der Waals surface area contributed by atoms with Gasteiger partial charge in [0, 0.05) is 4.47 Å². The number of nitrogens with one attached hydrogen (secondary N) is 2. The van der Waals surface area contributed by atoms with E-state index in [2.05, 4.69) is 26.6 Å². The second-order valence-electron chi connectivity index (χ2n) is 4.95. The number of carbonyl (C=O) groups is 1. The molecule has 0 aromatic heterocycles. The number of benzene rings is 2. The van der Waals surface area contributed by atoms with Crippen LogP contribution in [0.25, 0.3) is 0 Å². The Morgan fingerprint density at radius 3 is 2.52 bits per heavy atom. The molecule has 2 N–H and O–H groups in total. The lowest BCUT2D eigenvalue weighted by atomic mass is 10.2. The van der Waals surface area contributed by atoms with Gasteiger partial charge in [-0.1, -0.05) is 50.7 Å². The van der Waals surface area contributed by atoms with Crippen LogP contribution in [0.2, 0.25) is 15.1 Å². The molecule has 0 aliphatic carbocycles. The van der Waals surface area contributed by atoms with Gasteiger partial charge in [0.25, 0.3) is 5.91 Å². The maximum Gasteiger partial charge on any atom is 0.264 e. The van der Waals surface area contributed by atoms with Crippen molar-refractivity contribution in [3.8, 4) is 5.75 Å². The smallest absolute Gasteiger partial charge is 0.264 e. The molecule has 25 heavy (non-hydrogen) atoms. The van der Waals surface area contributed by atoms with Gasteiger partial charge in [-0.05, 0) is 55.0 Å². The molecule has 4 nitrogen and oxygen atoms in total. The molecule has 1 amide bonds. The molecule has 9 heteroatoms. The number of halogens is 4. The number of carbonyl (C=O) groups excluding carboxylic acids is 1. The van der Waals surface area contributed by atoms with Crippen LogP contribution in [-0.2, 0) is 4.79 Å². The third kappa shape index (κ3) is 6.01. The summed E-state index contributed by atoms with van der Waals surface area (Å²) >= 11 is 26.3. The Morgan fingerprint density at radius 2 is 1.84 bits per heavy atom. The largest absolute Gasteiger partial charge is 0.484 e. The Morgan fingerprint density at radius 1 is 1.16 bits per heavy atom. The van der Waals surface area contributed by atoms with Crippen molar-refractivity contribution in [3.63, 3.8) is 0 Å². The number of amides is 1. The van der Waals surface area contributed by atoms with Gasteiger partial charge >= 0.3 is 0 Å². The first-order chi connectivity index (χ1) is 11.8. The molecule has 2 aromatic rings. The summed E-state index contributed by atoms with van der Waals surface area (Å²) in [6, 6.07) is 8.43. The lowest BCUT2D eigenvalue weighted by molar-refractivity contribution is -0.121. The summed E-state index contributed by atoms with van der Waals surface area (Å²) in [5.74, 6) is 0.177. The van der Waals surface area contributed by atoms with E-state index in [1.807, 2.05) is 19.1 Å². The second-order valence-corrected chi connectivity index (χ2v) is 7.43. The zero-order chi connectivity index (χ0) is 18.6. The standard InChI is InChI=1S/C16H12BrCl3N2O2S/c1-8-4-9(2-3-10(8)17)24-7-15(23)22-16(25)21-14-6-12(19)11(18)5-13(14)20/h2-6H,7H2,1H3,(H2,21,22,23,25). The quantitative estimate of drug-likeness (QED) is 0.439. The van der Waals surface area contributed by atoms with Crippen molar-refractivity contribution in [3.05, 3.63) is 55.4 Å². The van der Waals surface area contributed by atoms with Crippen molar-refractivity contribution in [2.24, 2.45) is 0 Å². The van der Waals surface area contributed by atoms with E-state index in [1.54, 1.807) is 6.07 Å². The molecule has 2 rings (SSSR count). The zero-order valence-electron chi connectivity index (χ0n) is 12.8. The predicted molar refractivity (Wildman–Crippen MR) is 110 cm³/mol. The van der Waals surface area contributed by atoms with E-state index < -0.39 is 5.91 Å². The molecule has 0 unspecified atom stereocenters. The first-order valence-corrected chi connectivity index (χ1v) is 9.24. The van der Waals surface area contributed by atoms with Gasteiger partial charge < -0.3 is 10.1 Å². The van der Waals surface area contributed by atoms with Gasteiger partial charge in [-0.2, -0.15) is 0 Å². The Kier molecular flexibility index (Phi) is 7.34. The summed E-state index contributed by atoms with van der Waals surface area (Å²) in [5, 5.41) is 6.32. The predicted octanol–water partition coefficient (Wildman–Crippen LogP) is 5.61.